The minimum Gasteiger partial charge on any atom is -0.444 e. The largest absolute Gasteiger partial charge is 0.444 e. The number of nitrogens with two attached hydrogens (primary N) is 2. The van der Waals surface area contributed by atoms with Crippen LogP contribution >= 0.6 is 0 Å². The highest BCUT2D eigenvalue weighted by atomic mass is 16.6. The van der Waals surface area contributed by atoms with E-state index in [2.05, 4.69) is 68.8 Å². The van der Waals surface area contributed by atoms with E-state index in [0.29, 0.717) is 0 Å². The Hall–Kier alpha value is -7.78. The number of hydrogen-bond acceptors (Lipinski definition) is 19. The number of carbonyl (C=O) groups excluding carboxylic acids is 11. The highest BCUT2D eigenvalue weighted by Gasteiger charge is 2.43. The summed E-state index contributed by atoms with van der Waals surface area (Å²) < 4.78 is 5.49. The van der Waals surface area contributed by atoms with Gasteiger partial charge >= 0.3 is 6.09 Å². The lowest BCUT2D eigenvalue weighted by Crippen LogP contribution is -2.65. The lowest BCUT2D eigenvalue weighted by Gasteiger charge is -2.36. The molecule has 1 fully saturated rings. The van der Waals surface area contributed by atoms with Gasteiger partial charge in [-0.3, -0.25) is 58.3 Å². The van der Waals surface area contributed by atoms with Crippen molar-refractivity contribution in [2.45, 2.75) is 253 Å². The minimum atomic E-state index is -2.15. The number of carbonyl (C=O) groups is 11. The highest BCUT2D eigenvalue weighted by molar-refractivity contribution is 5.99. The summed E-state index contributed by atoms with van der Waals surface area (Å²) in [6.07, 6.45) is -8.26. The molecule has 32 heteroatoms. The van der Waals surface area contributed by atoms with Crippen LogP contribution in [-0.2, 0) is 52.7 Å². The average Bonchev–Trinajstić information content (AvgIpc) is 0.815. The Morgan fingerprint density at radius 3 is 1.65 bits per heavy atom. The first-order chi connectivity index (χ1) is 44.8. The molecule has 1 aliphatic heterocycles. The number of rotatable bonds is 21. The van der Waals surface area contributed by atoms with Gasteiger partial charge in [-0.15, -0.1) is 0 Å². The van der Waals surface area contributed by atoms with Gasteiger partial charge in [0, 0.05) is 6.54 Å². The van der Waals surface area contributed by atoms with Crippen LogP contribution in [0, 0.1) is 28.6 Å². The zero-order chi connectivity index (χ0) is 74.2. The van der Waals surface area contributed by atoms with Crippen LogP contribution in [0.2, 0.25) is 0 Å². The van der Waals surface area contributed by atoms with Gasteiger partial charge < -0.3 is 100 Å². The van der Waals surface area contributed by atoms with E-state index < -0.39 is 198 Å². The number of aliphatic imine (C=N–C) groups is 1. The minimum absolute atomic E-state index is 0.0336. The number of nitrogens with zero attached hydrogens (tertiary/aromatic N) is 1. The van der Waals surface area contributed by atoms with Crippen molar-refractivity contribution < 1.29 is 83.0 Å². The quantitative estimate of drug-likeness (QED) is 0.0353. The monoisotopic (exact) mass is 1380 g/mol. The van der Waals surface area contributed by atoms with Crippen molar-refractivity contribution >= 4 is 71.1 Å². The molecule has 97 heavy (non-hydrogen) atoms. The summed E-state index contributed by atoms with van der Waals surface area (Å²) in [5.74, 6) is -12.7. The molecule has 1 heterocycles. The summed E-state index contributed by atoms with van der Waals surface area (Å²) in [6.45, 7) is 25.7. The van der Waals surface area contributed by atoms with Gasteiger partial charge in [-0.05, 0) is 101 Å². The Balaban J connectivity index is 3.17. The maximum Gasteiger partial charge on any atom is 0.408 e. The fourth-order valence-electron chi connectivity index (χ4n) is 10.2. The third-order valence-electron chi connectivity index (χ3n) is 15.5. The molecule has 0 spiro atoms. The smallest absolute Gasteiger partial charge is 0.408 e. The number of guanidine groups is 1. The molecule has 0 bridgehead atoms. The van der Waals surface area contributed by atoms with Crippen LogP contribution in [0.4, 0.5) is 4.79 Å². The Kier molecular flexibility index (Phi) is 34.3. The second kappa shape index (κ2) is 39.0. The van der Waals surface area contributed by atoms with Crippen LogP contribution in [0.25, 0.3) is 0 Å². The molecule has 1 saturated heterocycles. The lowest BCUT2D eigenvalue weighted by atomic mass is 9.86. The van der Waals surface area contributed by atoms with Gasteiger partial charge in [0.2, 0.25) is 59.1 Å². The molecule has 11 amide bonds. The van der Waals surface area contributed by atoms with Crippen molar-refractivity contribution in [2.75, 3.05) is 19.7 Å². The summed E-state index contributed by atoms with van der Waals surface area (Å²) >= 11 is 0. The first-order valence-electron chi connectivity index (χ1n) is 33.0. The molecular weight excluding hydrogens is 1260 g/mol. The van der Waals surface area contributed by atoms with E-state index in [4.69, 9.17) is 16.2 Å². The van der Waals surface area contributed by atoms with Gasteiger partial charge in [-0.2, -0.15) is 0 Å². The maximum absolute atomic E-state index is 15.7. The molecule has 32 nitrogen and oxygen atoms in total. The molecule has 16 atom stereocenters. The molecule has 0 aromatic heterocycles. The van der Waals surface area contributed by atoms with Gasteiger partial charge in [0.15, 0.2) is 5.96 Å². The highest BCUT2D eigenvalue weighted by Crippen LogP contribution is 2.26. The molecule has 0 radical (unpaired) electrons. The van der Waals surface area contributed by atoms with Crippen LogP contribution in [0.3, 0.4) is 0 Å². The number of benzene rings is 1. The third-order valence-corrected chi connectivity index (χ3v) is 15.5. The van der Waals surface area contributed by atoms with Gasteiger partial charge in [0.05, 0.1) is 43.5 Å². The predicted molar refractivity (Wildman–Crippen MR) is 360 cm³/mol. The van der Waals surface area contributed by atoms with Gasteiger partial charge in [0.1, 0.15) is 66.2 Å². The van der Waals surface area contributed by atoms with Gasteiger partial charge in [-0.25, -0.2) is 4.79 Å². The number of aliphatic hydroxyl groups is 5. The van der Waals surface area contributed by atoms with Crippen LogP contribution in [-0.4, -0.2) is 207 Å². The molecule has 1 aliphatic rings. The molecule has 2 rings (SSSR count). The second-order valence-electron chi connectivity index (χ2n) is 29.1. The number of ether oxygens (including phenoxy) is 1. The van der Waals surface area contributed by atoms with Crippen LogP contribution in [0.5, 0.6) is 0 Å². The Bertz CT molecular complexity index is 2820. The van der Waals surface area contributed by atoms with Crippen molar-refractivity contribution in [1.82, 2.24) is 63.8 Å². The van der Waals surface area contributed by atoms with E-state index in [1.807, 2.05) is 20.8 Å². The predicted octanol–water partition coefficient (Wildman–Crippen LogP) is -2.19. The summed E-state index contributed by atoms with van der Waals surface area (Å²) in [5, 5.41) is 87.4. The van der Waals surface area contributed by atoms with Crippen LogP contribution < -0.4 is 75.3 Å². The van der Waals surface area contributed by atoms with E-state index >= 15 is 14.4 Å². The molecule has 550 valence electrons. The number of aliphatic hydroxyl groups excluding tert-OH is 5. The number of alkyl carbamates (subject to hydrolysis) is 1. The van der Waals surface area contributed by atoms with Crippen molar-refractivity contribution in [3.63, 3.8) is 0 Å². The summed E-state index contributed by atoms with van der Waals surface area (Å²) in [6, 6.07) is -10.9. The topological polar surface area (TPSA) is 507 Å². The van der Waals surface area contributed by atoms with E-state index in [1.165, 1.54) is 38.1 Å². The first kappa shape index (κ1) is 85.3. The summed E-state index contributed by atoms with van der Waals surface area (Å²) in [5.41, 5.74) is 8.94. The summed E-state index contributed by atoms with van der Waals surface area (Å²) in [7, 11) is 0. The fraction of sp³-hybridized carbons (Fsp3) is 0.723. The van der Waals surface area contributed by atoms with E-state index in [1.54, 1.807) is 75.3 Å². The summed E-state index contributed by atoms with van der Waals surface area (Å²) in [4.78, 5) is 163. The number of hydrogen-bond donors (Lipinski definition) is 19. The van der Waals surface area contributed by atoms with Crippen LogP contribution in [0.1, 0.15) is 168 Å². The molecule has 1 aromatic carbocycles. The van der Waals surface area contributed by atoms with Crippen molar-refractivity contribution in [1.29, 1.82) is 0 Å². The maximum atomic E-state index is 15.7. The zero-order valence-corrected chi connectivity index (χ0v) is 59.4. The number of nitrogens with one attached hydrogen (secondary N) is 12. The fourth-order valence-corrected chi connectivity index (χ4v) is 10.2. The Morgan fingerprint density at radius 1 is 0.639 bits per heavy atom. The SMILES string of the molecule is CC[C@H](C)[C@@H]1NC(=O)[C@@H](CCCN=C(N)N)NC(=O)[C@H](CC(C)C)NC(=O)[C@H]([C@H](O)C(C)C)NC(=O)[C@@H](NC(=O)[C@H](CC(C)(C)C)NC(=O)[C@@H](CC(C)(C)C)NC(=O)OC(C)(C)C)[C@@H](c2ccccc2)NC(O)[C@H](CO)NC(=O)C([C@H](C)O)NC(=O)CNC(=O)[C@H]([C@H](C)O)NC1=O. The lowest BCUT2D eigenvalue weighted by molar-refractivity contribution is -0.139. The normalized spacial score (nSPS) is 25.0. The average molecular weight is 1380 g/mol. The molecule has 2 unspecified atom stereocenters. The molecule has 1 aromatic rings. The van der Waals surface area contributed by atoms with E-state index in [9.17, 15) is 63.9 Å². The van der Waals surface area contributed by atoms with E-state index in [0.717, 1.165) is 13.8 Å². The third kappa shape index (κ3) is 30.3. The molecule has 21 N–H and O–H groups in total. The second-order valence-corrected chi connectivity index (χ2v) is 29.1. The Labute approximate surface area is 569 Å². The van der Waals surface area contributed by atoms with Crippen molar-refractivity contribution in [3.8, 4) is 0 Å². The zero-order valence-electron chi connectivity index (χ0n) is 59.4. The standard InChI is InChI=1S/C65H113N15O17/c1-18-34(6)44-57(92)77-45(35(7)82)56(91)69-30-43(84)75-46(36(8)83)58(93)73-42(31-81)55(90)78-47(37-23-20-19-21-24-37)48(79-54(89)40(28-63(9,10)11)72-53(88)41(29-64(12,13)14)74-62(96)97-65(15,16)17)59(94)80-49(50(85)33(4)5)60(95)71-39(27-32(2)3)52(87)70-38(51(86)76-44)25-22-26-68-61(66)67/h19-21,23-24,32-36,38-42,44-50,55,78,81-83,85,90H,18,22,25-31H2,1-17H3,(H,69,91)(H,70,87)(H,71,95)(H,72,88)(H,73,93)(H,74,96)(H,75,84)(H,76,86)(H,77,92)(H,79,89)(H,80,94)(H4,66,67,68)/t34-,35-,36-,38+,39-,40-,41+,42-,44-,45-,46?,47+,48-,49-,50+,55?/m0/s1. The van der Waals surface area contributed by atoms with Gasteiger partial charge in [0.25, 0.3) is 0 Å². The molecule has 0 aliphatic carbocycles. The van der Waals surface area contributed by atoms with Gasteiger partial charge in [-0.1, -0.05) is 120 Å². The molecule has 0 saturated carbocycles. The van der Waals surface area contributed by atoms with Crippen LogP contribution in [0.15, 0.2) is 35.3 Å². The van der Waals surface area contributed by atoms with Crippen molar-refractivity contribution in [2.24, 2.45) is 45.0 Å². The molecular formula is C65H113N15O17. The number of amides is 11. The van der Waals surface area contributed by atoms with E-state index in [-0.39, 0.29) is 62.5 Å². The first-order valence-corrected chi connectivity index (χ1v) is 33.0. The van der Waals surface area contributed by atoms with Crippen molar-refractivity contribution in [3.05, 3.63) is 35.9 Å². The Morgan fingerprint density at radius 2 is 1.14 bits per heavy atom.